The lowest BCUT2D eigenvalue weighted by molar-refractivity contribution is -0.155. The van der Waals surface area contributed by atoms with Crippen molar-refractivity contribution < 1.29 is 14.3 Å². The maximum atomic E-state index is 11.1. The van der Waals surface area contributed by atoms with Crippen LogP contribution in [0.1, 0.15) is 27.2 Å². The summed E-state index contributed by atoms with van der Waals surface area (Å²) in [6, 6.07) is 0. The molecule has 0 aliphatic carbocycles. The third-order valence-electron chi connectivity index (χ3n) is 1.69. The second kappa shape index (κ2) is 8.97. The van der Waals surface area contributed by atoms with Crippen LogP contribution in [0.5, 0.6) is 0 Å². The fourth-order valence-corrected chi connectivity index (χ4v) is 0.937. The molecule has 14 heavy (non-hydrogen) atoms. The topological polar surface area (TPSA) is 47.6 Å². The first-order valence-corrected chi connectivity index (χ1v) is 5.21. The number of carbonyl (C=O) groups is 1. The van der Waals surface area contributed by atoms with Crippen molar-refractivity contribution in [1.82, 2.24) is 5.32 Å². The first-order valence-electron chi connectivity index (χ1n) is 5.21. The van der Waals surface area contributed by atoms with Crippen LogP contribution >= 0.6 is 0 Å². The van der Waals surface area contributed by atoms with E-state index in [1.165, 1.54) is 0 Å². The van der Waals surface area contributed by atoms with Gasteiger partial charge in [-0.25, -0.2) is 4.79 Å². The fourth-order valence-electron chi connectivity index (χ4n) is 0.937. The van der Waals surface area contributed by atoms with E-state index in [0.717, 1.165) is 19.5 Å². The lowest BCUT2D eigenvalue weighted by atomic mass is 10.4. The van der Waals surface area contributed by atoms with Crippen LogP contribution in [-0.2, 0) is 14.3 Å². The van der Waals surface area contributed by atoms with Crippen LogP contribution in [0, 0.1) is 0 Å². The lowest BCUT2D eigenvalue weighted by Crippen LogP contribution is -2.28. The third kappa shape index (κ3) is 6.86. The van der Waals surface area contributed by atoms with Gasteiger partial charge in [0.2, 0.25) is 0 Å². The minimum atomic E-state index is -0.460. The SMILES string of the molecule is CCCNCCOC(C)C(=O)OCC. The van der Waals surface area contributed by atoms with Gasteiger partial charge in [0.15, 0.2) is 6.10 Å². The Hall–Kier alpha value is -0.610. The summed E-state index contributed by atoms with van der Waals surface area (Å²) in [4.78, 5) is 11.1. The van der Waals surface area contributed by atoms with Crippen LogP contribution in [0.4, 0.5) is 0 Å². The number of rotatable bonds is 8. The van der Waals surface area contributed by atoms with E-state index in [1.807, 2.05) is 0 Å². The zero-order valence-electron chi connectivity index (χ0n) is 9.34. The molecule has 4 heteroatoms. The van der Waals surface area contributed by atoms with Crippen molar-refractivity contribution in [3.8, 4) is 0 Å². The Morgan fingerprint density at radius 3 is 2.64 bits per heavy atom. The van der Waals surface area contributed by atoms with E-state index in [1.54, 1.807) is 13.8 Å². The monoisotopic (exact) mass is 203 g/mol. The van der Waals surface area contributed by atoms with Gasteiger partial charge in [-0.15, -0.1) is 0 Å². The van der Waals surface area contributed by atoms with Gasteiger partial charge in [-0.2, -0.15) is 0 Å². The molecular formula is C10H21NO3. The van der Waals surface area contributed by atoms with E-state index < -0.39 is 6.10 Å². The predicted octanol–water partition coefficient (Wildman–Crippen LogP) is 0.954. The van der Waals surface area contributed by atoms with Crippen LogP contribution in [0.2, 0.25) is 0 Å². The largest absolute Gasteiger partial charge is 0.464 e. The first kappa shape index (κ1) is 13.4. The maximum absolute atomic E-state index is 11.1. The Morgan fingerprint density at radius 2 is 2.07 bits per heavy atom. The van der Waals surface area contributed by atoms with Crippen molar-refractivity contribution in [1.29, 1.82) is 0 Å². The first-order chi connectivity index (χ1) is 6.72. The molecule has 0 aliphatic rings. The maximum Gasteiger partial charge on any atom is 0.334 e. The fraction of sp³-hybridized carbons (Fsp3) is 0.900. The molecule has 0 amide bonds. The molecule has 1 atom stereocenters. The van der Waals surface area contributed by atoms with Crippen molar-refractivity contribution >= 4 is 5.97 Å². The Kier molecular flexibility index (Phi) is 8.57. The molecule has 0 saturated carbocycles. The second-order valence-electron chi connectivity index (χ2n) is 3.02. The van der Waals surface area contributed by atoms with Crippen molar-refractivity contribution in [2.75, 3.05) is 26.3 Å². The quantitative estimate of drug-likeness (QED) is 0.471. The molecule has 0 aromatic rings. The minimum absolute atomic E-state index is 0.289. The van der Waals surface area contributed by atoms with E-state index in [9.17, 15) is 4.79 Å². The van der Waals surface area contributed by atoms with E-state index in [0.29, 0.717) is 13.2 Å². The van der Waals surface area contributed by atoms with Gasteiger partial charge in [-0.3, -0.25) is 0 Å². The van der Waals surface area contributed by atoms with Crippen LogP contribution in [0.3, 0.4) is 0 Å². The molecule has 1 unspecified atom stereocenters. The Morgan fingerprint density at radius 1 is 1.36 bits per heavy atom. The highest BCUT2D eigenvalue weighted by Gasteiger charge is 2.13. The van der Waals surface area contributed by atoms with Gasteiger partial charge in [0, 0.05) is 6.54 Å². The second-order valence-corrected chi connectivity index (χ2v) is 3.02. The molecule has 0 saturated heterocycles. The number of hydrogen-bond donors (Lipinski definition) is 1. The summed E-state index contributed by atoms with van der Waals surface area (Å²) < 4.78 is 10.1. The zero-order valence-corrected chi connectivity index (χ0v) is 9.34. The van der Waals surface area contributed by atoms with E-state index in [4.69, 9.17) is 9.47 Å². The molecule has 84 valence electrons. The Bertz CT molecular complexity index is 150. The van der Waals surface area contributed by atoms with E-state index in [-0.39, 0.29) is 5.97 Å². The summed E-state index contributed by atoms with van der Waals surface area (Å²) in [5, 5.41) is 3.18. The lowest BCUT2D eigenvalue weighted by Gasteiger charge is -2.11. The van der Waals surface area contributed by atoms with Crippen LogP contribution in [0.15, 0.2) is 0 Å². The smallest absolute Gasteiger partial charge is 0.334 e. The standard InChI is InChI=1S/C10H21NO3/c1-4-6-11-7-8-14-9(3)10(12)13-5-2/h9,11H,4-8H2,1-3H3. The molecule has 0 aromatic heterocycles. The van der Waals surface area contributed by atoms with E-state index >= 15 is 0 Å². The predicted molar refractivity (Wildman–Crippen MR) is 55.2 cm³/mol. The molecule has 4 nitrogen and oxygen atoms in total. The van der Waals surface area contributed by atoms with Crippen LogP contribution < -0.4 is 5.32 Å². The van der Waals surface area contributed by atoms with Crippen molar-refractivity contribution in [3.63, 3.8) is 0 Å². The zero-order chi connectivity index (χ0) is 10.8. The molecule has 0 rings (SSSR count). The highest BCUT2D eigenvalue weighted by molar-refractivity contribution is 5.74. The summed E-state index contributed by atoms with van der Waals surface area (Å²) in [5.41, 5.74) is 0. The number of ether oxygens (including phenoxy) is 2. The summed E-state index contributed by atoms with van der Waals surface area (Å²) in [6.45, 7) is 8.30. The number of nitrogens with one attached hydrogen (secondary N) is 1. The molecule has 1 N–H and O–H groups in total. The molecule has 0 heterocycles. The summed E-state index contributed by atoms with van der Waals surface area (Å²) in [5.74, 6) is -0.289. The Balaban J connectivity index is 3.34. The van der Waals surface area contributed by atoms with Gasteiger partial charge in [0.05, 0.1) is 13.2 Å². The normalized spacial score (nSPS) is 12.5. The van der Waals surface area contributed by atoms with Gasteiger partial charge >= 0.3 is 5.97 Å². The molecule has 0 spiro atoms. The Labute approximate surface area is 86.0 Å². The molecule has 0 fully saturated rings. The highest BCUT2D eigenvalue weighted by atomic mass is 16.6. The minimum Gasteiger partial charge on any atom is -0.464 e. The average Bonchev–Trinajstić information content (AvgIpc) is 2.17. The van der Waals surface area contributed by atoms with Gasteiger partial charge in [-0.05, 0) is 26.8 Å². The summed E-state index contributed by atoms with van der Waals surface area (Å²) in [6.07, 6.45) is 0.645. The highest BCUT2D eigenvalue weighted by Crippen LogP contribution is 1.93. The third-order valence-corrected chi connectivity index (χ3v) is 1.69. The summed E-state index contributed by atoms with van der Waals surface area (Å²) in [7, 11) is 0. The van der Waals surface area contributed by atoms with Crippen LogP contribution in [0.25, 0.3) is 0 Å². The molecular weight excluding hydrogens is 182 g/mol. The van der Waals surface area contributed by atoms with Crippen LogP contribution in [-0.4, -0.2) is 38.4 Å². The number of esters is 1. The van der Waals surface area contributed by atoms with Crippen molar-refractivity contribution in [3.05, 3.63) is 0 Å². The molecule has 0 aromatic carbocycles. The number of hydrogen-bond acceptors (Lipinski definition) is 4. The number of carbonyl (C=O) groups excluding carboxylic acids is 1. The average molecular weight is 203 g/mol. The van der Waals surface area contributed by atoms with E-state index in [2.05, 4.69) is 12.2 Å². The molecule has 0 bridgehead atoms. The van der Waals surface area contributed by atoms with Gasteiger partial charge < -0.3 is 14.8 Å². The van der Waals surface area contributed by atoms with Gasteiger partial charge in [0.1, 0.15) is 0 Å². The van der Waals surface area contributed by atoms with Crippen molar-refractivity contribution in [2.24, 2.45) is 0 Å². The summed E-state index contributed by atoms with van der Waals surface area (Å²) >= 11 is 0. The van der Waals surface area contributed by atoms with Gasteiger partial charge in [0.25, 0.3) is 0 Å². The van der Waals surface area contributed by atoms with Crippen molar-refractivity contribution in [2.45, 2.75) is 33.3 Å². The molecule has 0 radical (unpaired) electrons. The molecule has 0 aliphatic heterocycles. The van der Waals surface area contributed by atoms with Gasteiger partial charge in [-0.1, -0.05) is 6.92 Å².